The number of imidazole rings is 1. The third-order valence-corrected chi connectivity index (χ3v) is 6.24. The Morgan fingerprint density at radius 2 is 1.81 bits per heavy atom. The van der Waals surface area contributed by atoms with Crippen molar-refractivity contribution in [3.05, 3.63) is 23.9 Å². The van der Waals surface area contributed by atoms with Crippen LogP contribution < -0.4 is 9.64 Å². The molecule has 1 aliphatic heterocycles. The summed E-state index contributed by atoms with van der Waals surface area (Å²) >= 11 is 0. The minimum atomic E-state index is -3.58. The molecule has 142 valence electrons. The molecule has 2 aromatic heterocycles. The van der Waals surface area contributed by atoms with E-state index in [0.29, 0.717) is 50.3 Å². The van der Waals surface area contributed by atoms with Crippen molar-refractivity contribution in [2.45, 2.75) is 32.3 Å². The van der Waals surface area contributed by atoms with E-state index in [1.54, 1.807) is 26.3 Å². The minimum absolute atomic E-state index is 0.116. The second-order valence-electron chi connectivity index (χ2n) is 6.12. The van der Waals surface area contributed by atoms with Crippen molar-refractivity contribution in [3.8, 4) is 5.88 Å². The van der Waals surface area contributed by atoms with Crippen molar-refractivity contribution in [3.63, 3.8) is 0 Å². The number of sulfonamides is 1. The van der Waals surface area contributed by atoms with Crippen LogP contribution in [0.2, 0.25) is 0 Å². The minimum Gasteiger partial charge on any atom is -0.481 e. The Balaban J connectivity index is 1.74. The molecular formula is C16H24N6O3S. The SMILES string of the molecule is CCn1cc(S(=O)(=O)N2CCN(c3cc(OC)nc(C)n3)CC2)nc1C. The highest BCUT2D eigenvalue weighted by molar-refractivity contribution is 7.89. The van der Waals surface area contributed by atoms with Crippen LogP contribution in [0.25, 0.3) is 0 Å². The fourth-order valence-corrected chi connectivity index (χ4v) is 4.42. The van der Waals surface area contributed by atoms with Gasteiger partial charge in [0, 0.05) is 45.0 Å². The van der Waals surface area contributed by atoms with E-state index in [0.717, 1.165) is 5.82 Å². The Morgan fingerprint density at radius 3 is 2.38 bits per heavy atom. The molecule has 2 aromatic rings. The van der Waals surface area contributed by atoms with Gasteiger partial charge in [-0.05, 0) is 20.8 Å². The summed E-state index contributed by atoms with van der Waals surface area (Å²) < 4.78 is 34.2. The van der Waals surface area contributed by atoms with Gasteiger partial charge in [0.25, 0.3) is 10.0 Å². The maximum atomic E-state index is 12.9. The molecule has 9 nitrogen and oxygen atoms in total. The van der Waals surface area contributed by atoms with Gasteiger partial charge in [0.2, 0.25) is 5.88 Å². The van der Waals surface area contributed by atoms with E-state index >= 15 is 0 Å². The molecule has 1 fully saturated rings. The van der Waals surface area contributed by atoms with Crippen LogP contribution in [0.1, 0.15) is 18.6 Å². The summed E-state index contributed by atoms with van der Waals surface area (Å²) in [5, 5.41) is 0.116. The summed E-state index contributed by atoms with van der Waals surface area (Å²) in [6.45, 7) is 8.12. The molecular weight excluding hydrogens is 356 g/mol. The first-order chi connectivity index (χ1) is 12.3. The standard InChI is InChI=1S/C16H24N6O3S/c1-5-20-11-16(19-13(20)3)26(23,24)22-8-6-21(7-9-22)14-10-15(25-4)18-12(2)17-14/h10-11H,5-9H2,1-4H3. The van der Waals surface area contributed by atoms with Gasteiger partial charge in [-0.1, -0.05) is 0 Å². The molecule has 10 heteroatoms. The monoisotopic (exact) mass is 380 g/mol. The Hall–Kier alpha value is -2.20. The van der Waals surface area contributed by atoms with Gasteiger partial charge in [0.05, 0.1) is 7.11 Å². The predicted octanol–water partition coefficient (Wildman–Crippen LogP) is 0.829. The molecule has 3 heterocycles. The molecule has 3 rings (SSSR count). The number of aromatic nitrogens is 4. The lowest BCUT2D eigenvalue weighted by atomic mass is 10.3. The smallest absolute Gasteiger partial charge is 0.262 e. The average molecular weight is 380 g/mol. The van der Waals surface area contributed by atoms with Gasteiger partial charge in [-0.3, -0.25) is 0 Å². The Labute approximate surface area is 153 Å². The maximum Gasteiger partial charge on any atom is 0.262 e. The molecule has 0 amide bonds. The van der Waals surface area contributed by atoms with Gasteiger partial charge < -0.3 is 14.2 Å². The van der Waals surface area contributed by atoms with Crippen molar-refractivity contribution < 1.29 is 13.2 Å². The third kappa shape index (κ3) is 3.51. The predicted molar refractivity (Wildman–Crippen MR) is 96.9 cm³/mol. The molecule has 0 saturated carbocycles. The van der Waals surface area contributed by atoms with Crippen molar-refractivity contribution in [1.82, 2.24) is 23.8 Å². The lowest BCUT2D eigenvalue weighted by molar-refractivity contribution is 0.379. The number of nitrogens with zero attached hydrogens (tertiary/aromatic N) is 6. The van der Waals surface area contributed by atoms with Crippen LogP contribution in [-0.2, 0) is 16.6 Å². The zero-order chi connectivity index (χ0) is 18.9. The molecule has 0 bridgehead atoms. The van der Waals surface area contributed by atoms with Crippen LogP contribution in [0.3, 0.4) is 0 Å². The highest BCUT2D eigenvalue weighted by Crippen LogP contribution is 2.22. The number of hydrogen-bond donors (Lipinski definition) is 0. The van der Waals surface area contributed by atoms with Crippen molar-refractivity contribution in [2.24, 2.45) is 0 Å². The lowest BCUT2D eigenvalue weighted by Gasteiger charge is -2.34. The first kappa shape index (κ1) is 18.6. The molecule has 0 N–H and O–H groups in total. The zero-order valence-corrected chi connectivity index (χ0v) is 16.3. The summed E-state index contributed by atoms with van der Waals surface area (Å²) in [7, 11) is -2.02. The van der Waals surface area contributed by atoms with Crippen molar-refractivity contribution in [2.75, 3.05) is 38.2 Å². The molecule has 26 heavy (non-hydrogen) atoms. The summed E-state index contributed by atoms with van der Waals surface area (Å²) in [4.78, 5) is 14.9. The molecule has 0 radical (unpaired) electrons. The van der Waals surface area contributed by atoms with Gasteiger partial charge in [-0.25, -0.2) is 18.4 Å². The molecule has 0 atom stereocenters. The molecule has 1 saturated heterocycles. The third-order valence-electron chi connectivity index (χ3n) is 4.47. The summed E-state index contributed by atoms with van der Waals surface area (Å²) in [6.07, 6.45) is 1.61. The lowest BCUT2D eigenvalue weighted by Crippen LogP contribution is -2.49. The number of anilines is 1. The van der Waals surface area contributed by atoms with E-state index in [9.17, 15) is 8.42 Å². The zero-order valence-electron chi connectivity index (χ0n) is 15.5. The average Bonchev–Trinajstić information content (AvgIpc) is 3.03. The van der Waals surface area contributed by atoms with E-state index in [1.807, 2.05) is 23.3 Å². The molecule has 0 aliphatic carbocycles. The first-order valence-corrected chi connectivity index (χ1v) is 9.97. The van der Waals surface area contributed by atoms with Crippen LogP contribution in [0.4, 0.5) is 5.82 Å². The van der Waals surface area contributed by atoms with Gasteiger partial charge in [0.15, 0.2) is 5.03 Å². The Bertz CT molecular complexity index is 887. The number of rotatable bonds is 5. The summed E-state index contributed by atoms with van der Waals surface area (Å²) in [6, 6.07) is 1.77. The Kier molecular flexibility index (Phi) is 5.15. The second-order valence-corrected chi connectivity index (χ2v) is 8.00. The fraction of sp³-hybridized carbons (Fsp3) is 0.562. The number of methoxy groups -OCH3 is 1. The number of ether oxygens (including phenoxy) is 1. The fourth-order valence-electron chi connectivity index (χ4n) is 3.01. The first-order valence-electron chi connectivity index (χ1n) is 8.53. The van der Waals surface area contributed by atoms with E-state index in [1.165, 1.54) is 4.31 Å². The number of aryl methyl sites for hydroxylation is 3. The molecule has 0 unspecified atom stereocenters. The largest absolute Gasteiger partial charge is 0.481 e. The van der Waals surface area contributed by atoms with Crippen LogP contribution in [0, 0.1) is 13.8 Å². The highest BCUT2D eigenvalue weighted by atomic mass is 32.2. The van der Waals surface area contributed by atoms with Gasteiger partial charge >= 0.3 is 0 Å². The molecule has 1 aliphatic rings. The van der Waals surface area contributed by atoms with Crippen molar-refractivity contribution >= 4 is 15.8 Å². The molecule has 0 spiro atoms. The number of hydrogen-bond acceptors (Lipinski definition) is 7. The van der Waals surface area contributed by atoms with E-state index in [-0.39, 0.29) is 5.03 Å². The molecule has 0 aromatic carbocycles. The van der Waals surface area contributed by atoms with Gasteiger partial charge in [-0.2, -0.15) is 9.29 Å². The van der Waals surface area contributed by atoms with Crippen LogP contribution in [0.15, 0.2) is 17.3 Å². The van der Waals surface area contributed by atoms with E-state index in [2.05, 4.69) is 15.0 Å². The van der Waals surface area contributed by atoms with E-state index < -0.39 is 10.0 Å². The summed E-state index contributed by atoms with van der Waals surface area (Å²) in [5.41, 5.74) is 0. The van der Waals surface area contributed by atoms with Crippen LogP contribution in [0.5, 0.6) is 5.88 Å². The second kappa shape index (κ2) is 7.20. The maximum absolute atomic E-state index is 12.9. The van der Waals surface area contributed by atoms with Gasteiger partial charge in [-0.15, -0.1) is 0 Å². The normalized spacial score (nSPS) is 16.1. The van der Waals surface area contributed by atoms with Crippen LogP contribution in [-0.4, -0.2) is 65.5 Å². The quantitative estimate of drug-likeness (QED) is 0.758. The van der Waals surface area contributed by atoms with E-state index in [4.69, 9.17) is 4.74 Å². The van der Waals surface area contributed by atoms with Crippen LogP contribution >= 0.6 is 0 Å². The summed E-state index contributed by atoms with van der Waals surface area (Å²) in [5.74, 6) is 2.57. The van der Waals surface area contributed by atoms with Crippen molar-refractivity contribution in [1.29, 1.82) is 0 Å². The number of piperazine rings is 1. The highest BCUT2D eigenvalue weighted by Gasteiger charge is 2.31. The topological polar surface area (TPSA) is 93.5 Å². The Morgan fingerprint density at radius 1 is 1.12 bits per heavy atom. The van der Waals surface area contributed by atoms with Gasteiger partial charge in [0.1, 0.15) is 17.5 Å².